The molecule has 0 aliphatic rings. The topological polar surface area (TPSA) is 58.6 Å². The molecule has 2 aromatic carbocycles. The smallest absolute Gasteiger partial charge is 0.261 e. The minimum atomic E-state index is -0.663. The van der Waals surface area contributed by atoms with Gasteiger partial charge in [0, 0.05) is 17.1 Å². The molecule has 7 heteroatoms. The van der Waals surface area contributed by atoms with Crippen molar-refractivity contribution in [3.63, 3.8) is 0 Å². The van der Waals surface area contributed by atoms with Crippen LogP contribution in [0.4, 0.5) is 4.39 Å². The van der Waals surface area contributed by atoms with E-state index < -0.39 is 11.6 Å². The van der Waals surface area contributed by atoms with Gasteiger partial charge in [-0.3, -0.25) is 9.59 Å². The number of hydrogen-bond acceptors (Lipinski definition) is 3. The first-order valence-electron chi connectivity index (χ1n) is 9.83. The second-order valence-electron chi connectivity index (χ2n) is 8.05. The summed E-state index contributed by atoms with van der Waals surface area (Å²) >= 11 is 5.96. The van der Waals surface area contributed by atoms with Crippen LogP contribution in [0.3, 0.4) is 0 Å². The van der Waals surface area contributed by atoms with Crippen LogP contribution in [-0.2, 0) is 16.1 Å². The molecule has 0 aliphatic heterocycles. The van der Waals surface area contributed by atoms with E-state index in [0.717, 1.165) is 5.56 Å². The van der Waals surface area contributed by atoms with Gasteiger partial charge < -0.3 is 15.0 Å². The SMILES string of the molecule is CCC(C(=O)NC(C)(C)C)N(Cc1ccc(Cl)cc1)C(=O)COc1ccc(F)cc1. The molecule has 2 aromatic rings. The van der Waals surface area contributed by atoms with Crippen molar-refractivity contribution >= 4 is 23.4 Å². The van der Waals surface area contributed by atoms with Crippen molar-refractivity contribution in [3.8, 4) is 5.75 Å². The van der Waals surface area contributed by atoms with E-state index in [-0.39, 0.29) is 30.8 Å². The van der Waals surface area contributed by atoms with E-state index in [9.17, 15) is 14.0 Å². The fourth-order valence-corrected chi connectivity index (χ4v) is 3.04. The van der Waals surface area contributed by atoms with Crippen LogP contribution < -0.4 is 10.1 Å². The summed E-state index contributed by atoms with van der Waals surface area (Å²) in [6, 6.07) is 11.9. The molecule has 1 N–H and O–H groups in total. The zero-order valence-corrected chi connectivity index (χ0v) is 18.5. The van der Waals surface area contributed by atoms with Crippen LogP contribution in [0, 0.1) is 5.82 Å². The van der Waals surface area contributed by atoms with Crippen molar-refractivity contribution in [2.75, 3.05) is 6.61 Å². The zero-order valence-electron chi connectivity index (χ0n) is 17.7. The Morgan fingerprint density at radius 1 is 1.10 bits per heavy atom. The van der Waals surface area contributed by atoms with E-state index in [1.807, 2.05) is 39.8 Å². The van der Waals surface area contributed by atoms with E-state index in [0.29, 0.717) is 17.2 Å². The van der Waals surface area contributed by atoms with Crippen LogP contribution in [-0.4, -0.2) is 34.9 Å². The monoisotopic (exact) mass is 434 g/mol. The van der Waals surface area contributed by atoms with E-state index in [2.05, 4.69) is 5.32 Å². The quantitative estimate of drug-likeness (QED) is 0.661. The van der Waals surface area contributed by atoms with Crippen molar-refractivity contribution in [2.45, 2.75) is 52.2 Å². The minimum Gasteiger partial charge on any atom is -0.484 e. The molecular formula is C23H28ClFN2O3. The first-order valence-corrected chi connectivity index (χ1v) is 10.2. The lowest BCUT2D eigenvalue weighted by atomic mass is 10.1. The predicted molar refractivity (Wildman–Crippen MR) is 116 cm³/mol. The fraction of sp³-hybridized carbons (Fsp3) is 0.391. The summed E-state index contributed by atoms with van der Waals surface area (Å²) < 4.78 is 18.6. The summed E-state index contributed by atoms with van der Waals surface area (Å²) in [6.45, 7) is 7.50. The molecule has 0 radical (unpaired) electrons. The maximum atomic E-state index is 13.1. The Kier molecular flexibility index (Phi) is 8.24. The molecule has 0 bridgehead atoms. The van der Waals surface area contributed by atoms with Crippen molar-refractivity contribution < 1.29 is 18.7 Å². The van der Waals surface area contributed by atoms with Gasteiger partial charge in [0.15, 0.2) is 6.61 Å². The van der Waals surface area contributed by atoms with Gasteiger partial charge in [-0.25, -0.2) is 4.39 Å². The van der Waals surface area contributed by atoms with Crippen LogP contribution in [0.1, 0.15) is 39.7 Å². The average Bonchev–Trinajstić information content (AvgIpc) is 2.67. The van der Waals surface area contributed by atoms with Gasteiger partial charge in [0.05, 0.1) is 0 Å². The number of ether oxygens (including phenoxy) is 1. The number of rotatable bonds is 8. The van der Waals surface area contributed by atoms with E-state index >= 15 is 0 Å². The van der Waals surface area contributed by atoms with Crippen LogP contribution in [0.2, 0.25) is 5.02 Å². The molecule has 2 amide bonds. The lowest BCUT2D eigenvalue weighted by molar-refractivity contribution is -0.143. The first kappa shape index (κ1) is 23.7. The summed E-state index contributed by atoms with van der Waals surface area (Å²) in [5.74, 6) is -0.578. The van der Waals surface area contributed by atoms with Gasteiger partial charge in [-0.05, 0) is 69.2 Å². The second-order valence-corrected chi connectivity index (χ2v) is 8.49. The molecule has 5 nitrogen and oxygen atoms in total. The third-order valence-electron chi connectivity index (χ3n) is 4.33. The molecule has 0 fully saturated rings. The first-order chi connectivity index (χ1) is 14.1. The van der Waals surface area contributed by atoms with Crippen LogP contribution in [0.25, 0.3) is 0 Å². The maximum Gasteiger partial charge on any atom is 0.261 e. The fourth-order valence-electron chi connectivity index (χ4n) is 2.92. The molecule has 0 spiro atoms. The molecule has 2 rings (SSSR count). The van der Waals surface area contributed by atoms with Gasteiger partial charge in [-0.15, -0.1) is 0 Å². The second kappa shape index (κ2) is 10.4. The van der Waals surface area contributed by atoms with Gasteiger partial charge in [0.2, 0.25) is 5.91 Å². The Labute approximate surface area is 182 Å². The number of nitrogens with zero attached hydrogens (tertiary/aromatic N) is 1. The predicted octanol–water partition coefficient (Wildman–Crippen LogP) is 4.58. The molecule has 1 atom stereocenters. The summed E-state index contributed by atoms with van der Waals surface area (Å²) in [4.78, 5) is 27.4. The molecule has 1 unspecified atom stereocenters. The highest BCUT2D eigenvalue weighted by Crippen LogP contribution is 2.17. The molecule has 0 saturated heterocycles. The summed E-state index contributed by atoms with van der Waals surface area (Å²) in [6.07, 6.45) is 0.442. The highest BCUT2D eigenvalue weighted by molar-refractivity contribution is 6.30. The lowest BCUT2D eigenvalue weighted by Gasteiger charge is -2.33. The Bertz CT molecular complexity index is 848. The van der Waals surface area contributed by atoms with Crippen LogP contribution >= 0.6 is 11.6 Å². The standard InChI is InChI=1S/C23H28ClFN2O3/c1-5-20(22(29)26-23(2,3)4)27(14-16-6-8-17(24)9-7-16)21(28)15-30-19-12-10-18(25)11-13-19/h6-13,20H,5,14-15H2,1-4H3,(H,26,29). The van der Waals surface area contributed by atoms with Gasteiger partial charge >= 0.3 is 0 Å². The third kappa shape index (κ3) is 7.34. The van der Waals surface area contributed by atoms with Crippen LogP contribution in [0.15, 0.2) is 48.5 Å². The third-order valence-corrected chi connectivity index (χ3v) is 4.58. The number of carbonyl (C=O) groups excluding carboxylic acids is 2. The number of carbonyl (C=O) groups is 2. The molecule has 162 valence electrons. The zero-order chi connectivity index (χ0) is 22.3. The normalized spacial score (nSPS) is 12.2. The highest BCUT2D eigenvalue weighted by Gasteiger charge is 2.30. The minimum absolute atomic E-state index is 0.228. The average molecular weight is 435 g/mol. The largest absolute Gasteiger partial charge is 0.484 e. The summed E-state index contributed by atoms with van der Waals surface area (Å²) in [5.41, 5.74) is 0.418. The number of halogens is 2. The van der Waals surface area contributed by atoms with Gasteiger partial charge in [0.1, 0.15) is 17.6 Å². The summed E-state index contributed by atoms with van der Waals surface area (Å²) in [5, 5.41) is 3.54. The Hall–Kier alpha value is -2.60. The Morgan fingerprint density at radius 3 is 2.23 bits per heavy atom. The number of benzene rings is 2. The van der Waals surface area contributed by atoms with Gasteiger partial charge in [-0.1, -0.05) is 30.7 Å². The lowest BCUT2D eigenvalue weighted by Crippen LogP contribution is -2.54. The number of nitrogens with one attached hydrogen (secondary N) is 1. The molecule has 0 heterocycles. The number of hydrogen-bond donors (Lipinski definition) is 1. The Morgan fingerprint density at radius 2 is 1.70 bits per heavy atom. The van der Waals surface area contributed by atoms with Crippen LogP contribution in [0.5, 0.6) is 5.75 Å². The van der Waals surface area contributed by atoms with Crippen molar-refractivity contribution in [1.29, 1.82) is 0 Å². The van der Waals surface area contributed by atoms with Gasteiger partial charge in [-0.2, -0.15) is 0 Å². The van der Waals surface area contributed by atoms with E-state index in [1.165, 1.54) is 29.2 Å². The molecule has 30 heavy (non-hydrogen) atoms. The molecule has 0 aliphatic carbocycles. The number of amides is 2. The van der Waals surface area contributed by atoms with Crippen molar-refractivity contribution in [3.05, 3.63) is 64.9 Å². The van der Waals surface area contributed by atoms with Crippen molar-refractivity contribution in [1.82, 2.24) is 10.2 Å². The van der Waals surface area contributed by atoms with Crippen molar-refractivity contribution in [2.24, 2.45) is 0 Å². The molecule has 0 aromatic heterocycles. The summed E-state index contributed by atoms with van der Waals surface area (Å²) in [7, 11) is 0. The van der Waals surface area contributed by atoms with E-state index in [1.54, 1.807) is 12.1 Å². The molecule has 0 saturated carbocycles. The Balaban J connectivity index is 2.21. The molecular weight excluding hydrogens is 407 g/mol. The maximum absolute atomic E-state index is 13.1. The van der Waals surface area contributed by atoms with Gasteiger partial charge in [0.25, 0.3) is 5.91 Å². The highest BCUT2D eigenvalue weighted by atomic mass is 35.5. The van der Waals surface area contributed by atoms with E-state index in [4.69, 9.17) is 16.3 Å².